The van der Waals surface area contributed by atoms with Crippen molar-refractivity contribution < 1.29 is 9.09 Å². The van der Waals surface area contributed by atoms with Crippen LogP contribution in [-0.4, -0.2) is 23.5 Å². The fourth-order valence-electron chi connectivity index (χ4n) is 2.19. The van der Waals surface area contributed by atoms with Gasteiger partial charge in [-0.1, -0.05) is 36.4 Å². The molecule has 2 aromatic carbocycles. The van der Waals surface area contributed by atoms with Crippen molar-refractivity contribution in [3.8, 4) is 5.75 Å². The van der Waals surface area contributed by atoms with E-state index in [2.05, 4.69) is 10.2 Å². The fraction of sp³-hybridized carbons (Fsp3) is 0.118. The van der Waals surface area contributed by atoms with Crippen LogP contribution in [0.2, 0.25) is 0 Å². The minimum atomic E-state index is -2.57. The van der Waals surface area contributed by atoms with Gasteiger partial charge in [-0.25, -0.2) is 0 Å². The summed E-state index contributed by atoms with van der Waals surface area (Å²) in [7, 11) is -2.57. The molecule has 0 saturated carbocycles. The van der Waals surface area contributed by atoms with Crippen molar-refractivity contribution in [2.75, 3.05) is 13.3 Å². The first-order valence-electron chi connectivity index (χ1n) is 6.97. The predicted octanol–water partition coefficient (Wildman–Crippen LogP) is 4.65. The number of hydrogen-bond donors (Lipinski definition) is 1. The molecule has 3 aromatic rings. The summed E-state index contributed by atoms with van der Waals surface area (Å²) < 4.78 is 17.3. The van der Waals surface area contributed by atoms with Crippen molar-refractivity contribution in [1.82, 2.24) is 10.2 Å². The van der Waals surface area contributed by atoms with E-state index in [1.54, 1.807) is 19.4 Å². The molecule has 0 fully saturated rings. The van der Waals surface area contributed by atoms with Crippen LogP contribution in [0.15, 0.2) is 48.5 Å². The molecule has 0 radical (unpaired) electrons. The number of nitrogens with one attached hydrogen (secondary N) is 1. The predicted molar refractivity (Wildman–Crippen MR) is 91.5 cm³/mol. The van der Waals surface area contributed by atoms with Crippen molar-refractivity contribution in [3.05, 3.63) is 59.8 Å². The third-order valence-electron chi connectivity index (χ3n) is 3.12. The minimum Gasteiger partial charge on any atom is -0.443 e. The van der Waals surface area contributed by atoms with E-state index in [1.165, 1.54) is 0 Å². The Labute approximate surface area is 129 Å². The Kier molecular flexibility index (Phi) is 3.86. The summed E-state index contributed by atoms with van der Waals surface area (Å²) in [6.45, 7) is 3.20. The maximum Gasteiger partial charge on any atom is 0.242 e. The summed E-state index contributed by atoms with van der Waals surface area (Å²) >= 11 is 0. The van der Waals surface area contributed by atoms with E-state index in [-0.39, 0.29) is 0 Å². The third-order valence-corrected chi connectivity index (χ3v) is 3.77. The summed E-state index contributed by atoms with van der Waals surface area (Å²) in [5.74, 6) is 0.594. The van der Waals surface area contributed by atoms with Crippen LogP contribution in [0.4, 0.5) is 0 Å². The van der Waals surface area contributed by atoms with Gasteiger partial charge in [0.05, 0.1) is 11.2 Å². The van der Waals surface area contributed by atoms with Crippen LogP contribution in [-0.2, 0) is 4.57 Å². The smallest absolute Gasteiger partial charge is 0.242 e. The molecule has 5 heteroatoms. The maximum absolute atomic E-state index is 11.8. The lowest BCUT2D eigenvalue weighted by molar-refractivity contribution is 0.494. The number of fused-ring (bicyclic) bond motifs is 1. The van der Waals surface area contributed by atoms with Gasteiger partial charge in [-0.3, -0.25) is 9.66 Å². The molecule has 1 heterocycles. The second-order valence-corrected chi connectivity index (χ2v) is 8.09. The van der Waals surface area contributed by atoms with E-state index in [0.29, 0.717) is 5.75 Å². The van der Waals surface area contributed by atoms with Crippen molar-refractivity contribution in [1.29, 1.82) is 0 Å². The molecule has 0 saturated heterocycles. The van der Waals surface area contributed by atoms with Crippen molar-refractivity contribution in [2.24, 2.45) is 0 Å². The van der Waals surface area contributed by atoms with Crippen LogP contribution < -0.4 is 4.52 Å². The molecule has 4 nitrogen and oxygen atoms in total. The topological polar surface area (TPSA) is 55.0 Å². The van der Waals surface area contributed by atoms with E-state index >= 15 is 0 Å². The van der Waals surface area contributed by atoms with Gasteiger partial charge in [0.15, 0.2) is 0 Å². The van der Waals surface area contributed by atoms with E-state index in [1.807, 2.05) is 54.6 Å². The third kappa shape index (κ3) is 3.46. The molecule has 0 spiro atoms. The molecule has 0 unspecified atom stereocenters. The molecule has 0 aliphatic rings. The van der Waals surface area contributed by atoms with Gasteiger partial charge in [0.25, 0.3) is 0 Å². The number of aromatic amines is 1. The summed E-state index contributed by atoms with van der Waals surface area (Å²) in [6.07, 6.45) is 3.96. The molecule has 0 aliphatic carbocycles. The van der Waals surface area contributed by atoms with Gasteiger partial charge in [-0.05, 0) is 29.8 Å². The molecule has 0 bridgehead atoms. The Morgan fingerprint density at radius 1 is 1.09 bits per heavy atom. The maximum atomic E-state index is 11.8. The van der Waals surface area contributed by atoms with E-state index in [0.717, 1.165) is 22.2 Å². The van der Waals surface area contributed by atoms with Gasteiger partial charge in [-0.2, -0.15) is 5.10 Å². The first-order chi connectivity index (χ1) is 10.5. The van der Waals surface area contributed by atoms with Crippen molar-refractivity contribution in [2.45, 2.75) is 0 Å². The van der Waals surface area contributed by atoms with E-state index < -0.39 is 7.37 Å². The number of hydrogen-bond acceptors (Lipinski definition) is 3. The highest BCUT2D eigenvalue weighted by Crippen LogP contribution is 2.39. The quantitative estimate of drug-likeness (QED) is 0.713. The van der Waals surface area contributed by atoms with Crippen LogP contribution in [0.5, 0.6) is 5.75 Å². The minimum absolute atomic E-state index is 0.594. The summed E-state index contributed by atoms with van der Waals surface area (Å²) in [4.78, 5) is 0. The number of nitrogens with zero attached hydrogens (tertiary/aromatic N) is 1. The lowest BCUT2D eigenvalue weighted by atomic mass is 10.1. The van der Waals surface area contributed by atoms with E-state index in [4.69, 9.17) is 4.52 Å². The zero-order valence-corrected chi connectivity index (χ0v) is 13.4. The highest BCUT2D eigenvalue weighted by molar-refractivity contribution is 7.57. The Hall–Kier alpha value is -2.32. The highest BCUT2D eigenvalue weighted by atomic mass is 31.2. The van der Waals surface area contributed by atoms with Gasteiger partial charge in [0, 0.05) is 18.7 Å². The molecular weight excluding hydrogens is 295 g/mol. The second kappa shape index (κ2) is 5.82. The van der Waals surface area contributed by atoms with Gasteiger partial charge < -0.3 is 4.52 Å². The Bertz CT molecular complexity index is 863. The molecular formula is C17H17N2O2P. The molecule has 22 heavy (non-hydrogen) atoms. The van der Waals surface area contributed by atoms with E-state index in [9.17, 15) is 4.57 Å². The van der Waals surface area contributed by atoms with Gasteiger partial charge in [0.1, 0.15) is 5.75 Å². The van der Waals surface area contributed by atoms with Crippen LogP contribution in [0, 0.1) is 0 Å². The normalized spacial score (nSPS) is 12.1. The summed E-state index contributed by atoms with van der Waals surface area (Å²) in [6, 6.07) is 15.6. The first kappa shape index (κ1) is 14.6. The Morgan fingerprint density at radius 3 is 2.59 bits per heavy atom. The average molecular weight is 312 g/mol. The lowest BCUT2D eigenvalue weighted by Gasteiger charge is -2.09. The van der Waals surface area contributed by atoms with Crippen molar-refractivity contribution in [3.63, 3.8) is 0 Å². The fourth-order valence-corrected chi connectivity index (χ4v) is 2.81. The standard InChI is InChI=1S/C17H17N2O2P/c1-22(2,20)21-14-9-11-17-15(12-14)16(18-19-17)10-8-13-6-4-3-5-7-13/h3-12H,1-2H3,(H,18,19)/b10-8+. The van der Waals surface area contributed by atoms with Gasteiger partial charge in [-0.15, -0.1) is 0 Å². The lowest BCUT2D eigenvalue weighted by Crippen LogP contribution is -1.88. The molecule has 0 aliphatic heterocycles. The Balaban J connectivity index is 1.95. The van der Waals surface area contributed by atoms with Crippen LogP contribution in [0.25, 0.3) is 23.1 Å². The molecule has 112 valence electrons. The summed E-state index contributed by atoms with van der Waals surface area (Å²) in [5.41, 5.74) is 2.85. The monoisotopic (exact) mass is 312 g/mol. The number of rotatable bonds is 4. The average Bonchev–Trinajstić information content (AvgIpc) is 2.87. The van der Waals surface area contributed by atoms with Crippen LogP contribution in [0.3, 0.4) is 0 Å². The largest absolute Gasteiger partial charge is 0.443 e. The zero-order valence-electron chi connectivity index (χ0n) is 12.5. The van der Waals surface area contributed by atoms with Crippen LogP contribution >= 0.6 is 7.37 Å². The number of H-pyrrole nitrogens is 1. The molecule has 1 aromatic heterocycles. The number of aromatic nitrogens is 2. The van der Waals surface area contributed by atoms with Crippen LogP contribution in [0.1, 0.15) is 11.3 Å². The molecule has 1 N–H and O–H groups in total. The Morgan fingerprint density at radius 2 is 1.86 bits per heavy atom. The first-order valence-corrected chi connectivity index (χ1v) is 9.49. The van der Waals surface area contributed by atoms with Gasteiger partial charge in [0.2, 0.25) is 7.37 Å². The zero-order chi connectivity index (χ0) is 15.6. The second-order valence-electron chi connectivity index (χ2n) is 5.40. The SMILES string of the molecule is CP(C)(=O)Oc1ccc2[nH]nc(/C=C/c3ccccc3)c2c1. The number of benzene rings is 2. The molecule has 3 rings (SSSR count). The highest BCUT2D eigenvalue weighted by Gasteiger charge is 2.11. The van der Waals surface area contributed by atoms with Crippen molar-refractivity contribution >= 4 is 30.4 Å². The summed E-state index contributed by atoms with van der Waals surface area (Å²) in [5, 5.41) is 8.24. The molecule has 0 amide bonds. The van der Waals surface area contributed by atoms with Gasteiger partial charge >= 0.3 is 0 Å². The molecule has 0 atom stereocenters.